The third-order valence-corrected chi connectivity index (χ3v) is 2.12. The van der Waals surface area contributed by atoms with E-state index in [0.29, 0.717) is 5.69 Å². The Balaban J connectivity index is 3.04. The van der Waals surface area contributed by atoms with Gasteiger partial charge >= 0.3 is 5.97 Å². The van der Waals surface area contributed by atoms with E-state index in [-0.39, 0.29) is 12.2 Å². The predicted molar refractivity (Wildman–Crippen MR) is 61.5 cm³/mol. The van der Waals surface area contributed by atoms with Crippen molar-refractivity contribution >= 4 is 11.7 Å². The lowest BCUT2D eigenvalue weighted by Crippen LogP contribution is -2.22. The largest absolute Gasteiger partial charge is 0.478 e. The second kappa shape index (κ2) is 5.19. The summed E-state index contributed by atoms with van der Waals surface area (Å²) in [5.41, 5.74) is 1.41. The lowest BCUT2D eigenvalue weighted by Gasteiger charge is -2.14. The van der Waals surface area contributed by atoms with Gasteiger partial charge in [-0.2, -0.15) is 0 Å². The second-order valence-corrected chi connectivity index (χ2v) is 3.40. The number of aryl methyl sites for hydroxylation is 1. The van der Waals surface area contributed by atoms with Crippen molar-refractivity contribution in [3.05, 3.63) is 29.3 Å². The van der Waals surface area contributed by atoms with Crippen LogP contribution in [0.1, 0.15) is 15.9 Å². The van der Waals surface area contributed by atoms with Gasteiger partial charge in [0.15, 0.2) is 0 Å². The summed E-state index contributed by atoms with van der Waals surface area (Å²) in [5, 5.41) is 20.7. The molecule has 16 heavy (non-hydrogen) atoms. The Hall–Kier alpha value is -1.99. The molecule has 1 aromatic carbocycles. The van der Waals surface area contributed by atoms with Crippen LogP contribution in [0, 0.1) is 19.3 Å². The molecule has 0 saturated heterocycles. The van der Waals surface area contributed by atoms with Gasteiger partial charge < -0.3 is 15.5 Å². The maximum Gasteiger partial charge on any atom is 0.337 e. The van der Waals surface area contributed by atoms with E-state index >= 15 is 0 Å². The molecule has 0 aliphatic rings. The summed E-state index contributed by atoms with van der Waals surface area (Å²) in [7, 11) is 0. The number of aliphatic hydroxyl groups excluding tert-OH is 1. The highest BCUT2D eigenvalue weighted by Crippen LogP contribution is 2.18. The number of nitrogens with one attached hydrogen (secondary N) is 1. The van der Waals surface area contributed by atoms with Crippen molar-refractivity contribution in [2.75, 3.05) is 11.9 Å². The number of rotatable bonds is 4. The minimum atomic E-state index is -1.03. The molecule has 0 spiro atoms. The highest BCUT2D eigenvalue weighted by molar-refractivity contribution is 5.94. The molecule has 4 nitrogen and oxygen atoms in total. The van der Waals surface area contributed by atoms with Gasteiger partial charge in [0.1, 0.15) is 6.04 Å². The first-order valence-corrected chi connectivity index (χ1v) is 4.76. The maximum atomic E-state index is 11.0. The highest BCUT2D eigenvalue weighted by atomic mass is 16.4. The number of benzene rings is 1. The van der Waals surface area contributed by atoms with E-state index < -0.39 is 12.0 Å². The Morgan fingerprint density at radius 1 is 1.62 bits per heavy atom. The highest BCUT2D eigenvalue weighted by Gasteiger charge is 2.12. The lowest BCUT2D eigenvalue weighted by atomic mass is 10.1. The molecule has 0 aliphatic heterocycles. The maximum absolute atomic E-state index is 11.0. The molecule has 1 aromatic rings. The molecule has 3 N–H and O–H groups in total. The number of hydrogen-bond acceptors (Lipinski definition) is 3. The lowest BCUT2D eigenvalue weighted by molar-refractivity contribution is 0.0697. The molecule has 0 radical (unpaired) electrons. The molecule has 1 rings (SSSR count). The van der Waals surface area contributed by atoms with E-state index in [1.54, 1.807) is 25.1 Å². The van der Waals surface area contributed by atoms with E-state index in [2.05, 4.69) is 11.2 Å². The van der Waals surface area contributed by atoms with Crippen molar-refractivity contribution in [2.24, 2.45) is 0 Å². The van der Waals surface area contributed by atoms with Gasteiger partial charge in [-0.25, -0.2) is 4.79 Å². The van der Waals surface area contributed by atoms with Gasteiger partial charge in [0, 0.05) is 5.69 Å². The van der Waals surface area contributed by atoms with Crippen molar-refractivity contribution in [1.29, 1.82) is 0 Å². The van der Waals surface area contributed by atoms with Crippen LogP contribution < -0.4 is 5.32 Å². The Labute approximate surface area is 93.9 Å². The van der Waals surface area contributed by atoms with Crippen molar-refractivity contribution in [2.45, 2.75) is 13.0 Å². The Morgan fingerprint density at radius 2 is 2.31 bits per heavy atom. The molecular formula is C12H13NO3. The van der Waals surface area contributed by atoms with E-state index in [4.69, 9.17) is 16.6 Å². The zero-order valence-electron chi connectivity index (χ0n) is 8.90. The topological polar surface area (TPSA) is 69.6 Å². The standard InChI is InChI=1S/C12H13NO3/c1-3-9(7-14)13-11-5-4-8(2)6-10(11)12(15)16/h1,4-6,9,13-14H,7H2,2H3,(H,15,16). The van der Waals surface area contributed by atoms with E-state index in [0.717, 1.165) is 5.56 Å². The van der Waals surface area contributed by atoms with Crippen molar-refractivity contribution < 1.29 is 15.0 Å². The molecule has 0 fully saturated rings. The fraction of sp³-hybridized carbons (Fsp3) is 0.250. The molecule has 1 atom stereocenters. The number of hydrogen-bond donors (Lipinski definition) is 3. The van der Waals surface area contributed by atoms with Gasteiger partial charge in [-0.3, -0.25) is 0 Å². The van der Waals surface area contributed by atoms with Crippen molar-refractivity contribution in [3.63, 3.8) is 0 Å². The van der Waals surface area contributed by atoms with E-state index in [1.165, 1.54) is 0 Å². The molecule has 0 aromatic heterocycles. The first kappa shape index (κ1) is 12.1. The first-order valence-electron chi connectivity index (χ1n) is 4.76. The Morgan fingerprint density at radius 3 is 2.81 bits per heavy atom. The summed E-state index contributed by atoms with van der Waals surface area (Å²) in [5.74, 6) is 1.30. The average Bonchev–Trinajstić information content (AvgIpc) is 2.27. The number of aromatic carboxylic acids is 1. The van der Waals surface area contributed by atoms with Crippen LogP contribution in [-0.4, -0.2) is 28.8 Å². The Bertz CT molecular complexity index is 434. The zero-order chi connectivity index (χ0) is 12.1. The van der Waals surface area contributed by atoms with Crippen LogP contribution in [0.4, 0.5) is 5.69 Å². The number of anilines is 1. The monoisotopic (exact) mass is 219 g/mol. The SMILES string of the molecule is C#CC(CO)Nc1ccc(C)cc1C(=O)O. The molecule has 4 heteroatoms. The van der Waals surface area contributed by atoms with Crippen LogP contribution >= 0.6 is 0 Å². The zero-order valence-corrected chi connectivity index (χ0v) is 8.90. The van der Waals surface area contributed by atoms with Crippen LogP contribution in [0.5, 0.6) is 0 Å². The molecule has 0 aliphatic carbocycles. The molecule has 0 amide bonds. The van der Waals surface area contributed by atoms with Gasteiger partial charge in [-0.05, 0) is 19.1 Å². The molecule has 0 bridgehead atoms. The summed E-state index contributed by atoms with van der Waals surface area (Å²) in [6.07, 6.45) is 5.17. The predicted octanol–water partition coefficient (Wildman–Crippen LogP) is 1.10. The van der Waals surface area contributed by atoms with Crippen LogP contribution in [0.3, 0.4) is 0 Å². The van der Waals surface area contributed by atoms with Crippen LogP contribution in [0.2, 0.25) is 0 Å². The normalized spacial score (nSPS) is 11.6. The third-order valence-electron chi connectivity index (χ3n) is 2.12. The van der Waals surface area contributed by atoms with Crippen LogP contribution in [0.25, 0.3) is 0 Å². The molecular weight excluding hydrogens is 206 g/mol. The number of carbonyl (C=O) groups is 1. The molecule has 84 valence electrons. The fourth-order valence-corrected chi connectivity index (χ4v) is 1.29. The van der Waals surface area contributed by atoms with Crippen molar-refractivity contribution in [1.82, 2.24) is 0 Å². The van der Waals surface area contributed by atoms with Gasteiger partial charge in [0.05, 0.1) is 12.2 Å². The summed E-state index contributed by atoms with van der Waals surface area (Å²) in [6, 6.07) is 4.38. The number of aliphatic hydroxyl groups is 1. The van der Waals surface area contributed by atoms with Gasteiger partial charge in [0.2, 0.25) is 0 Å². The van der Waals surface area contributed by atoms with Gasteiger partial charge in [0.25, 0.3) is 0 Å². The van der Waals surface area contributed by atoms with Gasteiger partial charge in [-0.1, -0.05) is 17.6 Å². The number of carboxylic acids is 1. The smallest absolute Gasteiger partial charge is 0.337 e. The Kier molecular flexibility index (Phi) is 3.92. The first-order chi connectivity index (χ1) is 7.58. The summed E-state index contributed by atoms with van der Waals surface area (Å²) in [6.45, 7) is 1.56. The summed E-state index contributed by atoms with van der Waals surface area (Å²) >= 11 is 0. The molecule has 0 saturated carbocycles. The summed E-state index contributed by atoms with van der Waals surface area (Å²) < 4.78 is 0. The fourth-order valence-electron chi connectivity index (χ4n) is 1.29. The number of carboxylic acid groups (broad SMARTS) is 1. The summed E-state index contributed by atoms with van der Waals surface area (Å²) in [4.78, 5) is 11.0. The number of terminal acetylenes is 1. The molecule has 1 unspecified atom stereocenters. The minimum Gasteiger partial charge on any atom is -0.478 e. The van der Waals surface area contributed by atoms with E-state index in [1.807, 2.05) is 0 Å². The average molecular weight is 219 g/mol. The van der Waals surface area contributed by atoms with Gasteiger partial charge in [-0.15, -0.1) is 6.42 Å². The third kappa shape index (κ3) is 2.75. The van der Waals surface area contributed by atoms with Crippen molar-refractivity contribution in [3.8, 4) is 12.3 Å². The minimum absolute atomic E-state index is 0.147. The second-order valence-electron chi connectivity index (χ2n) is 3.40. The van der Waals surface area contributed by atoms with Crippen LogP contribution in [0.15, 0.2) is 18.2 Å². The van der Waals surface area contributed by atoms with Crippen LogP contribution in [-0.2, 0) is 0 Å². The quantitative estimate of drug-likeness (QED) is 0.663. The van der Waals surface area contributed by atoms with E-state index in [9.17, 15) is 4.79 Å². The molecule has 0 heterocycles.